The number of hydrogen-bond acceptors (Lipinski definition) is 3. The first-order chi connectivity index (χ1) is 7.55. The van der Waals surface area contributed by atoms with Crippen LogP contribution in [0.4, 0.5) is 0 Å². The molecule has 0 aliphatic carbocycles. The van der Waals surface area contributed by atoms with E-state index >= 15 is 0 Å². The molecule has 0 radical (unpaired) electrons. The Labute approximate surface area is 108 Å². The number of hydroxylamine groups is 2. The molecule has 3 nitrogen and oxygen atoms in total. The topological polar surface area (TPSA) is 32.7 Å². The van der Waals surface area contributed by atoms with Gasteiger partial charge in [-0.25, -0.2) is 0 Å². The molecule has 0 saturated heterocycles. The first-order valence-electron chi connectivity index (χ1n) is 6.43. The van der Waals surface area contributed by atoms with Gasteiger partial charge in [-0.1, -0.05) is 27.7 Å². The summed E-state index contributed by atoms with van der Waals surface area (Å²) in [5.41, 5.74) is -0.260. The van der Waals surface area contributed by atoms with Crippen molar-refractivity contribution in [3.63, 3.8) is 0 Å². The van der Waals surface area contributed by atoms with Crippen LogP contribution in [-0.2, 0) is 4.52 Å². The maximum absolute atomic E-state index is 10.5. The summed E-state index contributed by atoms with van der Waals surface area (Å²) in [4.78, 5) is 0. The zero-order valence-electron chi connectivity index (χ0n) is 12.7. The maximum Gasteiger partial charge on any atom is 0.0845 e. The van der Waals surface area contributed by atoms with Crippen molar-refractivity contribution in [2.75, 3.05) is 12.8 Å². The Balaban J connectivity index is 5.13. The van der Waals surface area contributed by atoms with Crippen LogP contribution < -0.4 is 0 Å². The van der Waals surface area contributed by atoms with E-state index in [1.165, 1.54) is 5.06 Å². The summed E-state index contributed by atoms with van der Waals surface area (Å²) >= 11 is 0. The highest BCUT2D eigenvalue weighted by molar-refractivity contribution is 7.53. The Morgan fingerprint density at radius 3 is 1.82 bits per heavy atom. The molecule has 0 aromatic rings. The van der Waals surface area contributed by atoms with Gasteiger partial charge in [-0.05, 0) is 39.3 Å². The lowest BCUT2D eigenvalue weighted by Gasteiger charge is -2.46. The van der Waals surface area contributed by atoms with E-state index < -0.39 is 8.15 Å². The first kappa shape index (κ1) is 17.3. The second kappa shape index (κ2) is 6.47. The average molecular weight is 263 g/mol. The van der Waals surface area contributed by atoms with Crippen LogP contribution in [0.1, 0.15) is 55.4 Å². The predicted octanol–water partition coefficient (Wildman–Crippen LogP) is 4.30. The van der Waals surface area contributed by atoms with Crippen LogP contribution in [0.3, 0.4) is 0 Å². The Bertz CT molecular complexity index is 220. The minimum atomic E-state index is -0.638. The maximum atomic E-state index is 10.5. The van der Waals surface area contributed by atoms with E-state index in [-0.39, 0.29) is 16.7 Å². The normalized spacial score (nSPS) is 17.3. The second-order valence-electron chi connectivity index (χ2n) is 6.41. The minimum Gasteiger partial charge on any atom is -0.358 e. The number of hydrogen-bond donors (Lipinski definition) is 1. The van der Waals surface area contributed by atoms with Gasteiger partial charge < -0.3 is 9.73 Å². The zero-order chi connectivity index (χ0) is 13.9. The van der Waals surface area contributed by atoms with Crippen molar-refractivity contribution in [2.45, 2.75) is 66.7 Å². The molecular weight excluding hydrogens is 233 g/mol. The molecule has 0 rings (SSSR count). The lowest BCUT2D eigenvalue weighted by atomic mass is 9.94. The van der Waals surface area contributed by atoms with E-state index in [1.54, 1.807) is 0 Å². The molecule has 0 aromatic heterocycles. The molecule has 0 bridgehead atoms. The summed E-state index contributed by atoms with van der Waals surface area (Å²) < 4.78 is 5.86. The van der Waals surface area contributed by atoms with E-state index in [1.807, 2.05) is 27.7 Å². The molecule has 4 heteroatoms. The highest BCUT2D eigenvalue weighted by atomic mass is 31.1. The van der Waals surface area contributed by atoms with Crippen LogP contribution in [0, 0.1) is 5.41 Å². The van der Waals surface area contributed by atoms with Crippen LogP contribution in [0.15, 0.2) is 0 Å². The molecule has 1 N–H and O–H groups in total. The van der Waals surface area contributed by atoms with Crippen molar-refractivity contribution in [3.8, 4) is 0 Å². The fourth-order valence-corrected chi connectivity index (χ4v) is 4.24. The summed E-state index contributed by atoms with van der Waals surface area (Å²) in [7, 11) is -0.638. The molecule has 17 heavy (non-hydrogen) atoms. The van der Waals surface area contributed by atoms with Gasteiger partial charge in [0.15, 0.2) is 0 Å². The molecule has 0 aliphatic rings. The molecule has 0 spiro atoms. The van der Waals surface area contributed by atoms with E-state index in [4.69, 9.17) is 4.52 Å². The van der Waals surface area contributed by atoms with Crippen molar-refractivity contribution in [1.29, 1.82) is 0 Å². The van der Waals surface area contributed by atoms with Gasteiger partial charge in [0.2, 0.25) is 0 Å². The fourth-order valence-electron chi connectivity index (χ4n) is 1.79. The van der Waals surface area contributed by atoms with Gasteiger partial charge in [0.25, 0.3) is 0 Å². The predicted molar refractivity (Wildman–Crippen MR) is 75.7 cm³/mol. The Kier molecular flexibility index (Phi) is 6.59. The third-order valence-electron chi connectivity index (χ3n) is 2.57. The Hall–Kier alpha value is 0.310. The Morgan fingerprint density at radius 1 is 1.12 bits per heavy atom. The minimum absolute atomic E-state index is 0.00108. The van der Waals surface area contributed by atoms with Crippen molar-refractivity contribution in [2.24, 2.45) is 5.41 Å². The second-order valence-corrected chi connectivity index (χ2v) is 8.62. The molecule has 2 atom stereocenters. The van der Waals surface area contributed by atoms with Gasteiger partial charge in [-0.3, -0.25) is 0 Å². The van der Waals surface area contributed by atoms with Crippen LogP contribution >= 0.6 is 8.15 Å². The molecule has 0 fully saturated rings. The van der Waals surface area contributed by atoms with Crippen LogP contribution in [0.25, 0.3) is 0 Å². The lowest BCUT2D eigenvalue weighted by Crippen LogP contribution is -2.50. The highest BCUT2D eigenvalue weighted by Gasteiger charge is 2.41. The Morgan fingerprint density at radius 2 is 1.59 bits per heavy atom. The highest BCUT2D eigenvalue weighted by Crippen LogP contribution is 2.52. The average Bonchev–Trinajstić information content (AvgIpc) is 2.13. The van der Waals surface area contributed by atoms with Crippen molar-refractivity contribution in [3.05, 3.63) is 0 Å². The van der Waals surface area contributed by atoms with E-state index in [0.29, 0.717) is 6.61 Å². The van der Waals surface area contributed by atoms with Crippen LogP contribution in [0.5, 0.6) is 0 Å². The summed E-state index contributed by atoms with van der Waals surface area (Å²) in [5.74, 6) is 0.0578. The van der Waals surface area contributed by atoms with Crippen molar-refractivity contribution >= 4 is 8.15 Å². The quantitative estimate of drug-likeness (QED) is 0.593. The zero-order valence-corrected chi connectivity index (χ0v) is 13.6. The third kappa shape index (κ3) is 5.21. The molecule has 2 unspecified atom stereocenters. The smallest absolute Gasteiger partial charge is 0.0845 e. The summed E-state index contributed by atoms with van der Waals surface area (Å²) in [6, 6.07) is 0. The van der Waals surface area contributed by atoms with Crippen molar-refractivity contribution in [1.82, 2.24) is 5.06 Å². The van der Waals surface area contributed by atoms with Crippen LogP contribution in [-0.4, -0.2) is 34.4 Å². The van der Waals surface area contributed by atoms with Gasteiger partial charge >= 0.3 is 0 Å². The molecule has 0 saturated carbocycles. The largest absolute Gasteiger partial charge is 0.358 e. The molecule has 0 amide bonds. The van der Waals surface area contributed by atoms with Crippen molar-refractivity contribution < 1.29 is 9.73 Å². The molecule has 0 heterocycles. The van der Waals surface area contributed by atoms with Gasteiger partial charge in [-0.15, -0.1) is 0 Å². The SMILES string of the molecule is CCOP(CC)C(N(O)C(C)(C)C)C(C)(C)C. The molecule has 104 valence electrons. The van der Waals surface area contributed by atoms with Gasteiger partial charge in [-0.2, -0.15) is 5.06 Å². The van der Waals surface area contributed by atoms with Gasteiger partial charge in [0, 0.05) is 20.3 Å². The monoisotopic (exact) mass is 263 g/mol. The number of nitrogens with zero attached hydrogens (tertiary/aromatic N) is 1. The lowest BCUT2D eigenvalue weighted by molar-refractivity contribution is -0.186. The molecule has 0 aliphatic heterocycles. The van der Waals surface area contributed by atoms with Gasteiger partial charge in [0.05, 0.1) is 5.78 Å². The first-order valence-corrected chi connectivity index (χ1v) is 7.94. The third-order valence-corrected chi connectivity index (χ3v) is 5.33. The fraction of sp³-hybridized carbons (Fsp3) is 1.00. The summed E-state index contributed by atoms with van der Waals surface area (Å²) in [5, 5.41) is 12.0. The van der Waals surface area contributed by atoms with Crippen LogP contribution in [0.2, 0.25) is 0 Å². The van der Waals surface area contributed by atoms with Gasteiger partial charge in [0.1, 0.15) is 0 Å². The molecule has 0 aromatic carbocycles. The summed E-state index contributed by atoms with van der Waals surface area (Å²) in [6.07, 6.45) is 0.970. The number of rotatable bonds is 5. The standard InChI is InChI=1S/C13H30NO2P/c1-9-16-17(10-2)11(12(3,4)5)14(15)13(6,7)8/h11,15H,9-10H2,1-8H3. The molecular formula is C13H30NO2P. The van der Waals surface area contributed by atoms with E-state index in [2.05, 4.69) is 27.7 Å². The van der Waals surface area contributed by atoms with E-state index in [0.717, 1.165) is 6.16 Å². The summed E-state index contributed by atoms with van der Waals surface area (Å²) in [6.45, 7) is 17.4. The van der Waals surface area contributed by atoms with E-state index in [9.17, 15) is 5.21 Å².